The molecule has 0 saturated heterocycles. The van der Waals surface area contributed by atoms with Crippen LogP contribution >= 0.6 is 0 Å². The molecule has 0 aliphatic rings. The van der Waals surface area contributed by atoms with Crippen LogP contribution in [0.25, 0.3) is 211 Å². The van der Waals surface area contributed by atoms with Crippen molar-refractivity contribution in [2.45, 2.75) is 0 Å². The number of rotatable bonds is 10. The first kappa shape index (κ1) is 63.0. The zero-order valence-corrected chi connectivity index (χ0v) is 58.1. The first-order valence-electron chi connectivity index (χ1n) is 36.1. The molecule has 108 heavy (non-hydrogen) atoms. The molecule has 15 aromatic carbocycles. The highest BCUT2D eigenvalue weighted by Crippen LogP contribution is 2.46. The average Bonchev–Trinajstić information content (AvgIpc) is 0.654. The zero-order chi connectivity index (χ0) is 71.4. The van der Waals surface area contributed by atoms with Crippen LogP contribution in [-0.2, 0) is 0 Å². The van der Waals surface area contributed by atoms with Gasteiger partial charge in [0, 0.05) is 88.0 Å². The second-order valence-electron chi connectivity index (χ2n) is 26.8. The van der Waals surface area contributed by atoms with Gasteiger partial charge in [-0.25, -0.2) is 49.8 Å². The third-order valence-electron chi connectivity index (χ3n) is 20.4. The maximum absolute atomic E-state index is 5.52. The summed E-state index contributed by atoms with van der Waals surface area (Å²) in [4.78, 5) is 51.7. The number of hydrogen-bond acceptors (Lipinski definition) is 10. The molecular formula is C98H60N10. The lowest BCUT2D eigenvalue weighted by Crippen LogP contribution is -2.01. The molecule has 0 unspecified atom stereocenters. The SMILES string of the molecule is c1ccc(-c2nc(-c3ccccc3)nc(-c3c4ccccc4c(-c4ccc5ccc6c(-c7ccccc7)c7ccccc7nc6c5n4)c4ccccc34)n2)cc1.c1ccc(-c2nc(-c3ccccc3)nc(-c3ccc(-c4ccc5ccc6c(-c7ccccc7)c7ccccc7nc6c5n4)c4ccccc34)n2)cc1. The van der Waals surface area contributed by atoms with Gasteiger partial charge in [0.05, 0.1) is 44.5 Å². The Morgan fingerprint density at radius 2 is 0.435 bits per heavy atom. The van der Waals surface area contributed by atoms with Crippen molar-refractivity contribution in [2.75, 3.05) is 0 Å². The Kier molecular flexibility index (Phi) is 15.6. The predicted molar refractivity (Wildman–Crippen MR) is 443 cm³/mol. The van der Waals surface area contributed by atoms with E-state index in [2.05, 4.69) is 237 Å². The molecule has 10 nitrogen and oxygen atoms in total. The van der Waals surface area contributed by atoms with E-state index in [0.717, 1.165) is 165 Å². The van der Waals surface area contributed by atoms with Crippen LogP contribution in [0.4, 0.5) is 0 Å². The summed E-state index contributed by atoms with van der Waals surface area (Å²) in [6, 6.07) is 125. The quantitative estimate of drug-likeness (QED) is 0.0964. The van der Waals surface area contributed by atoms with Crippen molar-refractivity contribution in [3.63, 3.8) is 0 Å². The van der Waals surface area contributed by atoms with Gasteiger partial charge in [-0.05, 0) is 73.8 Å². The molecule has 0 atom stereocenters. The van der Waals surface area contributed by atoms with Gasteiger partial charge in [0.15, 0.2) is 34.9 Å². The molecule has 0 N–H and O–H groups in total. The third-order valence-corrected chi connectivity index (χ3v) is 20.4. The van der Waals surface area contributed by atoms with Gasteiger partial charge >= 0.3 is 0 Å². The molecule has 10 heteroatoms. The van der Waals surface area contributed by atoms with Crippen LogP contribution < -0.4 is 0 Å². The number of nitrogens with zero attached hydrogens (tertiary/aromatic N) is 10. The molecule has 21 aromatic rings. The number of pyridine rings is 4. The van der Waals surface area contributed by atoms with E-state index in [1.807, 2.05) is 127 Å². The molecule has 0 bridgehead atoms. The molecule has 0 aliphatic heterocycles. The van der Waals surface area contributed by atoms with E-state index in [4.69, 9.17) is 49.8 Å². The van der Waals surface area contributed by atoms with Crippen molar-refractivity contribution >= 4 is 97.7 Å². The third kappa shape index (κ3) is 11.2. The molecule has 0 spiro atoms. The van der Waals surface area contributed by atoms with Gasteiger partial charge in [-0.2, -0.15) is 0 Å². The number of aromatic nitrogens is 10. The predicted octanol–water partition coefficient (Wildman–Crippen LogP) is 24.4. The minimum absolute atomic E-state index is 0.623. The molecular weight excluding hydrogens is 1320 g/mol. The molecule has 0 radical (unpaired) electrons. The Hall–Kier alpha value is -14.7. The summed E-state index contributed by atoms with van der Waals surface area (Å²) >= 11 is 0. The molecule has 0 saturated carbocycles. The molecule has 0 amide bonds. The van der Waals surface area contributed by atoms with Crippen LogP contribution in [0, 0.1) is 0 Å². The Bertz CT molecular complexity index is 6920. The van der Waals surface area contributed by atoms with Crippen LogP contribution in [0.1, 0.15) is 0 Å². The van der Waals surface area contributed by atoms with Crippen LogP contribution in [0.15, 0.2) is 364 Å². The smallest absolute Gasteiger partial charge is 0.165 e. The van der Waals surface area contributed by atoms with Crippen LogP contribution in [0.3, 0.4) is 0 Å². The van der Waals surface area contributed by atoms with Gasteiger partial charge in [0.1, 0.15) is 0 Å². The standard InChI is InChI=1S/C51H31N5.C47H29N5/c1-4-16-32(17-5-1)44-40-26-14-15-27-42(40)52-48-41(44)30-28-33-29-31-43(53-47(33)48)45-36-22-10-12-24-38(36)46(39-25-13-11-23-37(39)45)51-55-49(34-18-6-2-7-19-34)54-50(56-51)35-20-8-3-9-21-35;1-4-14-30(15-5-1)42-38-22-12-13-23-40(38)49-44-39(42)26-24-31-25-29-41(48-43(31)44)36-27-28-37(35-21-11-10-20-34(35)36)47-51-45(32-16-6-2-7-17-32)50-46(52-47)33-18-8-3-9-19-33/h1-31H;1-29H. The maximum atomic E-state index is 5.52. The lowest BCUT2D eigenvalue weighted by molar-refractivity contribution is 1.08. The number of benzene rings is 15. The monoisotopic (exact) mass is 1380 g/mol. The van der Waals surface area contributed by atoms with Crippen molar-refractivity contribution in [2.24, 2.45) is 0 Å². The van der Waals surface area contributed by atoms with Gasteiger partial charge in [-0.1, -0.05) is 334 Å². The number of hydrogen-bond donors (Lipinski definition) is 0. The molecule has 0 aliphatic carbocycles. The second-order valence-corrected chi connectivity index (χ2v) is 26.8. The molecule has 502 valence electrons. The van der Waals surface area contributed by atoms with Crippen molar-refractivity contribution in [3.05, 3.63) is 364 Å². The summed E-state index contributed by atoms with van der Waals surface area (Å²) < 4.78 is 0. The first-order chi connectivity index (χ1) is 53.6. The van der Waals surface area contributed by atoms with Crippen LogP contribution in [-0.4, -0.2) is 49.8 Å². The fourth-order valence-electron chi connectivity index (χ4n) is 15.4. The van der Waals surface area contributed by atoms with Gasteiger partial charge in [-0.15, -0.1) is 0 Å². The van der Waals surface area contributed by atoms with Crippen molar-refractivity contribution in [3.8, 4) is 113 Å². The average molecular weight is 1380 g/mol. The minimum Gasteiger partial charge on any atom is -0.245 e. The van der Waals surface area contributed by atoms with Crippen LogP contribution in [0.2, 0.25) is 0 Å². The van der Waals surface area contributed by atoms with Gasteiger partial charge in [-0.3, -0.25) is 0 Å². The van der Waals surface area contributed by atoms with Crippen molar-refractivity contribution in [1.29, 1.82) is 0 Å². The largest absolute Gasteiger partial charge is 0.245 e. The summed E-state index contributed by atoms with van der Waals surface area (Å²) in [5.41, 5.74) is 19.6. The van der Waals surface area contributed by atoms with E-state index < -0.39 is 0 Å². The highest BCUT2D eigenvalue weighted by atomic mass is 15.0. The molecule has 6 aromatic heterocycles. The fourth-order valence-corrected chi connectivity index (χ4v) is 15.4. The zero-order valence-electron chi connectivity index (χ0n) is 58.1. The summed E-state index contributed by atoms with van der Waals surface area (Å²) in [5.74, 6) is 3.77. The summed E-state index contributed by atoms with van der Waals surface area (Å²) in [5, 5.41) is 12.8. The maximum Gasteiger partial charge on any atom is 0.165 e. The Morgan fingerprint density at radius 3 is 0.852 bits per heavy atom. The van der Waals surface area contributed by atoms with Crippen molar-refractivity contribution < 1.29 is 0 Å². The normalized spacial score (nSPS) is 11.5. The summed E-state index contributed by atoms with van der Waals surface area (Å²) in [6.45, 7) is 0. The van der Waals surface area contributed by atoms with Gasteiger partial charge in [0.25, 0.3) is 0 Å². The highest BCUT2D eigenvalue weighted by Gasteiger charge is 2.24. The van der Waals surface area contributed by atoms with Gasteiger partial charge in [0.2, 0.25) is 0 Å². The first-order valence-corrected chi connectivity index (χ1v) is 36.1. The van der Waals surface area contributed by atoms with E-state index in [9.17, 15) is 0 Å². The number of fused-ring (bicyclic) bond motifs is 11. The minimum atomic E-state index is 0.623. The van der Waals surface area contributed by atoms with Gasteiger partial charge < -0.3 is 0 Å². The lowest BCUT2D eigenvalue weighted by atomic mass is 9.89. The van der Waals surface area contributed by atoms with Crippen LogP contribution in [0.5, 0.6) is 0 Å². The van der Waals surface area contributed by atoms with E-state index >= 15 is 0 Å². The fraction of sp³-hybridized carbons (Fsp3) is 0. The molecule has 21 rings (SSSR count). The summed E-state index contributed by atoms with van der Waals surface area (Å²) in [7, 11) is 0. The topological polar surface area (TPSA) is 129 Å². The summed E-state index contributed by atoms with van der Waals surface area (Å²) in [6.07, 6.45) is 0. The Labute approximate surface area is 620 Å². The van der Waals surface area contributed by atoms with E-state index in [0.29, 0.717) is 34.9 Å². The molecule has 6 heterocycles. The Balaban J connectivity index is 0.000000143. The van der Waals surface area contributed by atoms with E-state index in [1.165, 1.54) is 11.1 Å². The van der Waals surface area contributed by atoms with E-state index in [-0.39, 0.29) is 0 Å². The molecule has 0 fully saturated rings. The van der Waals surface area contributed by atoms with E-state index in [1.54, 1.807) is 0 Å². The second kappa shape index (κ2) is 26.8. The lowest BCUT2D eigenvalue weighted by Gasteiger charge is -2.18. The Morgan fingerprint density at radius 1 is 0.139 bits per heavy atom. The van der Waals surface area contributed by atoms with Crippen molar-refractivity contribution in [1.82, 2.24) is 49.8 Å². The highest BCUT2D eigenvalue weighted by molar-refractivity contribution is 6.22. The number of para-hydroxylation sites is 2.